The summed E-state index contributed by atoms with van der Waals surface area (Å²) >= 11 is 0. The number of aliphatic hydroxyl groups excluding tert-OH is 1. The number of hydrogen-bond donors (Lipinski definition) is 2. The molecule has 0 aliphatic carbocycles. The molecule has 0 bridgehead atoms. The lowest BCUT2D eigenvalue weighted by atomic mass is 9.84. The molecule has 2 atom stereocenters. The van der Waals surface area contributed by atoms with Crippen molar-refractivity contribution in [1.82, 2.24) is 5.32 Å². The molecule has 0 amide bonds. The molecular weight excluding hydrogens is 279 g/mol. The topological polar surface area (TPSA) is 32.3 Å². The van der Waals surface area contributed by atoms with Crippen LogP contribution in [0.4, 0.5) is 13.2 Å². The molecule has 0 aromatic heterocycles. The summed E-state index contributed by atoms with van der Waals surface area (Å²) in [6.45, 7) is 8.01. The van der Waals surface area contributed by atoms with Crippen molar-refractivity contribution in [3.05, 3.63) is 35.4 Å². The summed E-state index contributed by atoms with van der Waals surface area (Å²) in [6, 6.07) is 5.16. The lowest BCUT2D eigenvalue weighted by molar-refractivity contribution is -0.137. The molecule has 0 heterocycles. The van der Waals surface area contributed by atoms with Crippen molar-refractivity contribution >= 4 is 0 Å². The molecule has 0 saturated heterocycles. The van der Waals surface area contributed by atoms with E-state index in [0.29, 0.717) is 12.0 Å². The third-order valence-electron chi connectivity index (χ3n) is 3.63. The highest BCUT2D eigenvalue weighted by Gasteiger charge is 2.31. The Kier molecular flexibility index (Phi) is 5.82. The SMILES string of the molecule is CC(NC(CCO)C(C)(C)C)c1cccc(C(F)(F)F)c1. The van der Waals surface area contributed by atoms with Gasteiger partial charge in [-0.15, -0.1) is 0 Å². The highest BCUT2D eigenvalue weighted by Crippen LogP contribution is 2.31. The first-order chi connectivity index (χ1) is 9.55. The van der Waals surface area contributed by atoms with Crippen LogP contribution in [0.2, 0.25) is 0 Å². The number of benzene rings is 1. The molecule has 0 radical (unpaired) electrons. The first-order valence-corrected chi connectivity index (χ1v) is 7.09. The average molecular weight is 303 g/mol. The van der Waals surface area contributed by atoms with Gasteiger partial charge in [-0.1, -0.05) is 32.9 Å². The maximum atomic E-state index is 12.8. The van der Waals surface area contributed by atoms with Crippen LogP contribution in [0.1, 0.15) is 51.3 Å². The highest BCUT2D eigenvalue weighted by molar-refractivity contribution is 5.27. The minimum absolute atomic E-state index is 0.0204. The quantitative estimate of drug-likeness (QED) is 0.856. The Morgan fingerprint density at radius 3 is 2.29 bits per heavy atom. The molecule has 2 unspecified atom stereocenters. The molecular formula is C16H24F3NO. The fourth-order valence-electron chi connectivity index (χ4n) is 2.28. The third-order valence-corrected chi connectivity index (χ3v) is 3.63. The van der Waals surface area contributed by atoms with E-state index in [4.69, 9.17) is 5.11 Å². The van der Waals surface area contributed by atoms with Gasteiger partial charge in [0.15, 0.2) is 0 Å². The number of hydrogen-bond acceptors (Lipinski definition) is 2. The molecule has 1 aromatic carbocycles. The molecule has 1 rings (SSSR count). The van der Waals surface area contributed by atoms with Crippen LogP contribution in [-0.4, -0.2) is 17.8 Å². The summed E-state index contributed by atoms with van der Waals surface area (Å²) in [6.07, 6.45) is -3.77. The van der Waals surface area contributed by atoms with E-state index in [2.05, 4.69) is 5.32 Å². The van der Waals surface area contributed by atoms with Gasteiger partial charge in [-0.2, -0.15) is 13.2 Å². The van der Waals surface area contributed by atoms with Gasteiger partial charge in [-0.25, -0.2) is 0 Å². The van der Waals surface area contributed by atoms with Gasteiger partial charge in [0.2, 0.25) is 0 Å². The average Bonchev–Trinajstić information content (AvgIpc) is 2.36. The van der Waals surface area contributed by atoms with E-state index >= 15 is 0 Å². The normalized spacial score (nSPS) is 15.8. The van der Waals surface area contributed by atoms with E-state index in [1.54, 1.807) is 6.07 Å². The van der Waals surface area contributed by atoms with Gasteiger partial charge in [-0.05, 0) is 36.5 Å². The van der Waals surface area contributed by atoms with Crippen LogP contribution in [0.25, 0.3) is 0 Å². The van der Waals surface area contributed by atoms with E-state index < -0.39 is 11.7 Å². The molecule has 120 valence electrons. The van der Waals surface area contributed by atoms with Crippen LogP contribution in [0, 0.1) is 5.41 Å². The second-order valence-electron chi connectivity index (χ2n) is 6.44. The Morgan fingerprint density at radius 2 is 1.81 bits per heavy atom. The van der Waals surface area contributed by atoms with Crippen molar-refractivity contribution in [1.29, 1.82) is 0 Å². The fraction of sp³-hybridized carbons (Fsp3) is 0.625. The number of aliphatic hydroxyl groups is 1. The van der Waals surface area contributed by atoms with Crippen LogP contribution in [0.5, 0.6) is 0 Å². The summed E-state index contributed by atoms with van der Waals surface area (Å²) in [7, 11) is 0. The zero-order chi connectivity index (χ0) is 16.3. The Hall–Kier alpha value is -1.07. The lowest BCUT2D eigenvalue weighted by Crippen LogP contribution is -2.42. The molecule has 5 heteroatoms. The van der Waals surface area contributed by atoms with Gasteiger partial charge in [0.25, 0.3) is 0 Å². The summed E-state index contributed by atoms with van der Waals surface area (Å²) in [5.74, 6) is 0. The van der Waals surface area contributed by atoms with Crippen molar-refractivity contribution in [3.8, 4) is 0 Å². The van der Waals surface area contributed by atoms with Crippen LogP contribution in [0.15, 0.2) is 24.3 Å². The van der Waals surface area contributed by atoms with Crippen LogP contribution in [-0.2, 0) is 6.18 Å². The van der Waals surface area contributed by atoms with Crippen LogP contribution >= 0.6 is 0 Å². The Balaban J connectivity index is 2.90. The van der Waals surface area contributed by atoms with Gasteiger partial charge >= 0.3 is 6.18 Å². The number of halogens is 3. The Labute approximate surface area is 124 Å². The Bertz CT molecular complexity index is 452. The molecule has 0 fully saturated rings. The molecule has 0 aliphatic rings. The van der Waals surface area contributed by atoms with Gasteiger partial charge in [0.1, 0.15) is 0 Å². The van der Waals surface area contributed by atoms with Crippen molar-refractivity contribution in [2.75, 3.05) is 6.61 Å². The summed E-state index contributed by atoms with van der Waals surface area (Å²) in [5, 5.41) is 12.5. The van der Waals surface area contributed by atoms with Crippen LogP contribution < -0.4 is 5.32 Å². The number of alkyl halides is 3. The second kappa shape index (κ2) is 6.79. The minimum atomic E-state index is -4.33. The lowest BCUT2D eigenvalue weighted by Gasteiger charge is -2.34. The van der Waals surface area contributed by atoms with Gasteiger partial charge in [0.05, 0.1) is 5.56 Å². The van der Waals surface area contributed by atoms with E-state index in [1.165, 1.54) is 12.1 Å². The number of rotatable bonds is 5. The van der Waals surface area contributed by atoms with Crippen molar-refractivity contribution < 1.29 is 18.3 Å². The van der Waals surface area contributed by atoms with Gasteiger partial charge < -0.3 is 10.4 Å². The van der Waals surface area contributed by atoms with E-state index in [-0.39, 0.29) is 24.1 Å². The van der Waals surface area contributed by atoms with Crippen molar-refractivity contribution in [2.24, 2.45) is 5.41 Å². The predicted molar refractivity (Wildman–Crippen MR) is 77.9 cm³/mol. The second-order valence-corrected chi connectivity index (χ2v) is 6.44. The highest BCUT2D eigenvalue weighted by atomic mass is 19.4. The maximum absolute atomic E-state index is 12.8. The summed E-state index contributed by atoms with van der Waals surface area (Å²) in [4.78, 5) is 0. The zero-order valence-electron chi connectivity index (χ0n) is 13.0. The molecule has 1 aromatic rings. The molecule has 0 saturated carbocycles. The largest absolute Gasteiger partial charge is 0.416 e. The fourth-order valence-corrected chi connectivity index (χ4v) is 2.28. The van der Waals surface area contributed by atoms with Crippen molar-refractivity contribution in [3.63, 3.8) is 0 Å². The zero-order valence-corrected chi connectivity index (χ0v) is 13.0. The first-order valence-electron chi connectivity index (χ1n) is 7.09. The molecule has 0 spiro atoms. The van der Waals surface area contributed by atoms with Crippen LogP contribution in [0.3, 0.4) is 0 Å². The Morgan fingerprint density at radius 1 is 1.19 bits per heavy atom. The maximum Gasteiger partial charge on any atom is 0.416 e. The summed E-state index contributed by atoms with van der Waals surface area (Å²) in [5.41, 5.74) is -0.126. The molecule has 2 nitrogen and oxygen atoms in total. The molecule has 0 aliphatic heterocycles. The number of nitrogens with one attached hydrogen (secondary N) is 1. The molecule has 21 heavy (non-hydrogen) atoms. The predicted octanol–water partition coefficient (Wildman–Crippen LogP) is 4.15. The minimum Gasteiger partial charge on any atom is -0.396 e. The monoisotopic (exact) mass is 303 g/mol. The first kappa shape index (κ1) is 18.0. The van der Waals surface area contributed by atoms with E-state index in [0.717, 1.165) is 6.07 Å². The van der Waals surface area contributed by atoms with Crippen molar-refractivity contribution in [2.45, 2.75) is 52.4 Å². The van der Waals surface area contributed by atoms with Gasteiger partial charge in [0, 0.05) is 18.7 Å². The smallest absolute Gasteiger partial charge is 0.396 e. The standard InChI is InChI=1S/C16H24F3NO/c1-11(20-14(8-9-21)15(2,3)4)12-6-5-7-13(10-12)16(17,18)19/h5-7,10-11,14,20-21H,8-9H2,1-4H3. The third kappa shape index (κ3) is 5.32. The summed E-state index contributed by atoms with van der Waals surface area (Å²) < 4.78 is 38.3. The molecule has 2 N–H and O–H groups in total. The van der Waals surface area contributed by atoms with E-state index in [9.17, 15) is 13.2 Å². The van der Waals surface area contributed by atoms with E-state index in [1.807, 2.05) is 27.7 Å². The van der Waals surface area contributed by atoms with Gasteiger partial charge in [-0.3, -0.25) is 0 Å².